The summed E-state index contributed by atoms with van der Waals surface area (Å²) in [4.78, 5) is 15.1. The number of amides is 1. The van der Waals surface area contributed by atoms with E-state index in [1.54, 1.807) is 18.1 Å². The maximum absolute atomic E-state index is 13.4. The number of nitrogens with zero attached hydrogens (tertiary/aromatic N) is 2. The topological polar surface area (TPSA) is 66.9 Å². The van der Waals surface area contributed by atoms with Crippen molar-refractivity contribution in [1.82, 2.24) is 4.31 Å². The van der Waals surface area contributed by atoms with Crippen molar-refractivity contribution < 1.29 is 17.9 Å². The van der Waals surface area contributed by atoms with E-state index in [9.17, 15) is 13.2 Å². The monoisotopic (exact) mass is 462 g/mol. The van der Waals surface area contributed by atoms with Crippen molar-refractivity contribution in [2.24, 2.45) is 5.92 Å². The molecule has 1 atom stereocenters. The van der Waals surface area contributed by atoms with Crippen LogP contribution in [-0.4, -0.2) is 45.4 Å². The molecule has 166 valence electrons. The number of methoxy groups -OCH3 is 1. The molecule has 1 fully saturated rings. The molecule has 0 N–H and O–H groups in total. The molecule has 2 heterocycles. The van der Waals surface area contributed by atoms with E-state index < -0.39 is 10.0 Å². The van der Waals surface area contributed by atoms with Crippen molar-refractivity contribution in [2.75, 3.05) is 31.6 Å². The Balaban J connectivity index is 1.67. The van der Waals surface area contributed by atoms with E-state index in [-0.39, 0.29) is 15.8 Å². The van der Waals surface area contributed by atoms with Crippen LogP contribution in [0.2, 0.25) is 5.02 Å². The minimum Gasteiger partial charge on any atom is -0.497 e. The minimum absolute atomic E-state index is 0.00100. The lowest BCUT2D eigenvalue weighted by Gasteiger charge is -2.31. The first-order chi connectivity index (χ1) is 14.8. The second-order valence-corrected chi connectivity index (χ2v) is 10.6. The molecule has 8 heteroatoms. The smallest absolute Gasteiger partial charge is 0.258 e. The average molecular weight is 463 g/mol. The summed E-state index contributed by atoms with van der Waals surface area (Å²) in [6, 6.07) is 10.2. The second-order valence-electron chi connectivity index (χ2n) is 8.31. The fourth-order valence-electron chi connectivity index (χ4n) is 4.41. The van der Waals surface area contributed by atoms with Crippen LogP contribution in [-0.2, 0) is 16.4 Å². The number of benzene rings is 2. The molecular formula is C23H27ClN2O4S. The van der Waals surface area contributed by atoms with Crippen LogP contribution < -0.4 is 9.64 Å². The molecule has 0 bridgehead atoms. The van der Waals surface area contributed by atoms with Crippen LogP contribution in [0.1, 0.15) is 42.1 Å². The zero-order valence-electron chi connectivity index (χ0n) is 17.8. The van der Waals surface area contributed by atoms with Gasteiger partial charge in [-0.1, -0.05) is 18.5 Å². The van der Waals surface area contributed by atoms with Gasteiger partial charge in [0.15, 0.2) is 0 Å². The summed E-state index contributed by atoms with van der Waals surface area (Å²) in [6.07, 6.45) is 3.53. The molecule has 0 spiro atoms. The molecule has 0 aromatic heterocycles. The van der Waals surface area contributed by atoms with E-state index in [0.717, 1.165) is 42.7 Å². The summed E-state index contributed by atoms with van der Waals surface area (Å²) >= 11 is 6.30. The average Bonchev–Trinajstić information content (AvgIpc) is 2.78. The van der Waals surface area contributed by atoms with E-state index in [2.05, 4.69) is 0 Å². The van der Waals surface area contributed by atoms with Crippen LogP contribution in [0.4, 0.5) is 5.69 Å². The molecule has 2 aliphatic heterocycles. The van der Waals surface area contributed by atoms with Gasteiger partial charge in [0.25, 0.3) is 5.91 Å². The van der Waals surface area contributed by atoms with Gasteiger partial charge < -0.3 is 9.64 Å². The van der Waals surface area contributed by atoms with E-state index in [4.69, 9.17) is 16.3 Å². The van der Waals surface area contributed by atoms with Gasteiger partial charge in [-0.2, -0.15) is 4.31 Å². The van der Waals surface area contributed by atoms with Crippen molar-refractivity contribution in [3.8, 4) is 5.75 Å². The SMILES string of the molecule is COc1ccc2c(c1)CCCN2C(=O)c1ccc(Cl)c(S(=O)(=O)N2CCC[C@@H](C)C2)c1. The first-order valence-corrected chi connectivity index (χ1v) is 12.4. The first-order valence-electron chi connectivity index (χ1n) is 10.6. The van der Waals surface area contributed by atoms with Gasteiger partial charge in [-0.3, -0.25) is 4.79 Å². The molecule has 2 aromatic rings. The molecular weight excluding hydrogens is 436 g/mol. The molecule has 4 rings (SSSR count). The molecule has 6 nitrogen and oxygen atoms in total. The highest BCUT2D eigenvalue weighted by Crippen LogP contribution is 2.33. The van der Waals surface area contributed by atoms with E-state index in [1.165, 1.54) is 16.4 Å². The lowest BCUT2D eigenvalue weighted by molar-refractivity contribution is 0.0985. The number of hydrogen-bond acceptors (Lipinski definition) is 4. The van der Waals surface area contributed by atoms with E-state index in [0.29, 0.717) is 31.1 Å². The normalized spacial score (nSPS) is 19.7. The number of sulfonamides is 1. The van der Waals surface area contributed by atoms with Gasteiger partial charge in [0.05, 0.1) is 12.1 Å². The van der Waals surface area contributed by atoms with Gasteiger partial charge in [-0.05, 0) is 73.6 Å². The Morgan fingerprint density at radius 1 is 1.13 bits per heavy atom. The highest BCUT2D eigenvalue weighted by Gasteiger charge is 2.32. The Morgan fingerprint density at radius 2 is 1.94 bits per heavy atom. The largest absolute Gasteiger partial charge is 0.497 e. The number of halogens is 1. The maximum Gasteiger partial charge on any atom is 0.258 e. The van der Waals surface area contributed by atoms with Crippen molar-refractivity contribution in [2.45, 2.75) is 37.5 Å². The van der Waals surface area contributed by atoms with E-state index >= 15 is 0 Å². The van der Waals surface area contributed by atoms with Crippen LogP contribution in [0.25, 0.3) is 0 Å². The van der Waals surface area contributed by atoms with Gasteiger partial charge in [0.1, 0.15) is 10.6 Å². The predicted molar refractivity (Wildman–Crippen MR) is 122 cm³/mol. The molecule has 1 amide bonds. The summed E-state index contributed by atoms with van der Waals surface area (Å²) in [5.74, 6) is 0.823. The first kappa shape index (κ1) is 22.1. The second kappa shape index (κ2) is 8.81. The summed E-state index contributed by atoms with van der Waals surface area (Å²) in [5.41, 5.74) is 2.20. The molecule has 1 saturated heterocycles. The predicted octanol–water partition coefficient (Wildman–Crippen LogP) is 4.36. The molecule has 31 heavy (non-hydrogen) atoms. The number of anilines is 1. The number of ether oxygens (including phenoxy) is 1. The third-order valence-electron chi connectivity index (χ3n) is 6.07. The van der Waals surface area contributed by atoms with Crippen LogP contribution in [0.15, 0.2) is 41.3 Å². The minimum atomic E-state index is -3.77. The lowest BCUT2D eigenvalue weighted by Crippen LogP contribution is -2.39. The fraction of sp³-hybridized carbons (Fsp3) is 0.435. The van der Waals surface area contributed by atoms with Gasteiger partial charge in [-0.25, -0.2) is 8.42 Å². The summed E-state index contributed by atoms with van der Waals surface area (Å²) < 4.78 is 33.3. The molecule has 0 aliphatic carbocycles. The number of carbonyl (C=O) groups is 1. The number of fused-ring (bicyclic) bond motifs is 1. The van der Waals surface area contributed by atoms with Crippen molar-refractivity contribution in [3.63, 3.8) is 0 Å². The number of rotatable bonds is 4. The summed E-state index contributed by atoms with van der Waals surface area (Å²) in [6.45, 7) is 3.57. The van der Waals surface area contributed by atoms with Crippen molar-refractivity contribution in [1.29, 1.82) is 0 Å². The van der Waals surface area contributed by atoms with Gasteiger partial charge in [-0.15, -0.1) is 0 Å². The third-order valence-corrected chi connectivity index (χ3v) is 8.41. The summed E-state index contributed by atoms with van der Waals surface area (Å²) in [5, 5.41) is 0.138. The Morgan fingerprint density at radius 3 is 2.68 bits per heavy atom. The lowest BCUT2D eigenvalue weighted by atomic mass is 10.0. The highest BCUT2D eigenvalue weighted by molar-refractivity contribution is 7.89. The maximum atomic E-state index is 13.4. The Labute approximate surface area is 188 Å². The fourth-order valence-corrected chi connectivity index (χ4v) is 6.50. The summed E-state index contributed by atoms with van der Waals surface area (Å²) in [7, 11) is -2.15. The molecule has 0 radical (unpaired) electrons. The molecule has 0 unspecified atom stereocenters. The number of aryl methyl sites for hydroxylation is 1. The number of hydrogen-bond donors (Lipinski definition) is 0. The molecule has 0 saturated carbocycles. The quantitative estimate of drug-likeness (QED) is 0.677. The van der Waals surface area contributed by atoms with Crippen LogP contribution in [0.3, 0.4) is 0 Å². The van der Waals surface area contributed by atoms with Crippen molar-refractivity contribution in [3.05, 3.63) is 52.5 Å². The molecule has 2 aromatic carbocycles. The van der Waals surface area contributed by atoms with Gasteiger partial charge in [0, 0.05) is 30.9 Å². The standard InChI is InChI=1S/C23H27ClN2O4S/c1-16-5-3-11-25(15-16)31(28,29)22-14-18(7-9-20(22)24)23(27)26-12-4-6-17-13-19(30-2)8-10-21(17)26/h7-10,13-14,16H,3-6,11-12,15H2,1-2H3/t16-/m1/s1. The van der Waals surface area contributed by atoms with Crippen LogP contribution in [0.5, 0.6) is 5.75 Å². The number of piperidine rings is 1. The Kier molecular flexibility index (Phi) is 6.28. The zero-order chi connectivity index (χ0) is 22.2. The zero-order valence-corrected chi connectivity index (χ0v) is 19.4. The Hall–Kier alpha value is -2.09. The van der Waals surface area contributed by atoms with Gasteiger partial charge in [0.2, 0.25) is 10.0 Å². The van der Waals surface area contributed by atoms with Crippen LogP contribution >= 0.6 is 11.6 Å². The number of carbonyl (C=O) groups excluding carboxylic acids is 1. The Bertz CT molecular complexity index is 1100. The van der Waals surface area contributed by atoms with Gasteiger partial charge >= 0.3 is 0 Å². The molecule has 2 aliphatic rings. The third kappa shape index (κ3) is 4.31. The van der Waals surface area contributed by atoms with Crippen LogP contribution in [0, 0.1) is 5.92 Å². The van der Waals surface area contributed by atoms with Crippen molar-refractivity contribution >= 4 is 33.2 Å². The van der Waals surface area contributed by atoms with E-state index in [1.807, 2.05) is 25.1 Å². The highest BCUT2D eigenvalue weighted by atomic mass is 35.5.